The van der Waals surface area contributed by atoms with E-state index in [2.05, 4.69) is 18.7 Å². The lowest BCUT2D eigenvalue weighted by Gasteiger charge is -2.35. The highest BCUT2D eigenvalue weighted by Crippen LogP contribution is 2.11. The third-order valence-electron chi connectivity index (χ3n) is 4.35. The SMILES string of the molecule is CC(C)CN1CCN(C(=O)CCCN2C(=O)CN(C)C2=O)CC1. The molecule has 0 N–H and O–H groups in total. The summed E-state index contributed by atoms with van der Waals surface area (Å²) in [5, 5.41) is 0. The van der Waals surface area contributed by atoms with Crippen LogP contribution in [0.4, 0.5) is 4.79 Å². The summed E-state index contributed by atoms with van der Waals surface area (Å²) in [5.41, 5.74) is 0. The van der Waals surface area contributed by atoms with Gasteiger partial charge in [0.1, 0.15) is 6.54 Å². The predicted molar refractivity (Wildman–Crippen MR) is 86.8 cm³/mol. The van der Waals surface area contributed by atoms with Crippen LogP contribution < -0.4 is 0 Å². The Kier molecular flexibility index (Phi) is 5.98. The fraction of sp³-hybridized carbons (Fsp3) is 0.812. The highest BCUT2D eigenvalue weighted by atomic mass is 16.2. The van der Waals surface area contributed by atoms with Gasteiger partial charge in [0.15, 0.2) is 0 Å². The number of piperazine rings is 1. The minimum atomic E-state index is -0.259. The summed E-state index contributed by atoms with van der Waals surface area (Å²) in [6.07, 6.45) is 0.932. The Hall–Kier alpha value is -1.63. The second-order valence-corrected chi connectivity index (χ2v) is 6.86. The maximum Gasteiger partial charge on any atom is 0.326 e. The van der Waals surface area contributed by atoms with E-state index in [0.29, 0.717) is 25.3 Å². The summed E-state index contributed by atoms with van der Waals surface area (Å²) >= 11 is 0. The molecule has 0 radical (unpaired) electrons. The van der Waals surface area contributed by atoms with Crippen LogP contribution in [0.15, 0.2) is 0 Å². The first-order chi connectivity index (χ1) is 10.9. The molecule has 4 amide bonds. The summed E-state index contributed by atoms with van der Waals surface area (Å²) < 4.78 is 0. The Morgan fingerprint density at radius 3 is 2.30 bits per heavy atom. The molecule has 7 nitrogen and oxygen atoms in total. The summed E-state index contributed by atoms with van der Waals surface area (Å²) in [6.45, 7) is 9.37. The van der Waals surface area contributed by atoms with Crippen molar-refractivity contribution in [2.24, 2.45) is 5.92 Å². The van der Waals surface area contributed by atoms with Gasteiger partial charge in [0.05, 0.1) is 0 Å². The van der Waals surface area contributed by atoms with Crippen LogP contribution in [-0.2, 0) is 9.59 Å². The van der Waals surface area contributed by atoms with Crippen LogP contribution in [0.3, 0.4) is 0 Å². The summed E-state index contributed by atoms with van der Waals surface area (Å²) in [4.78, 5) is 42.6. The van der Waals surface area contributed by atoms with Gasteiger partial charge in [-0.05, 0) is 12.3 Å². The third-order valence-corrected chi connectivity index (χ3v) is 4.35. The topological polar surface area (TPSA) is 64.2 Å². The monoisotopic (exact) mass is 324 g/mol. The average molecular weight is 324 g/mol. The second kappa shape index (κ2) is 7.77. The molecule has 0 aromatic rings. The molecule has 2 saturated heterocycles. The predicted octanol–water partition coefficient (Wildman–Crippen LogP) is 0.461. The van der Waals surface area contributed by atoms with Crippen molar-refractivity contribution in [3.05, 3.63) is 0 Å². The number of nitrogens with zero attached hydrogens (tertiary/aromatic N) is 4. The molecule has 7 heteroatoms. The van der Waals surface area contributed by atoms with Crippen molar-refractivity contribution in [1.29, 1.82) is 0 Å². The van der Waals surface area contributed by atoms with Gasteiger partial charge in [0.2, 0.25) is 11.8 Å². The van der Waals surface area contributed by atoms with Gasteiger partial charge in [-0.3, -0.25) is 19.4 Å². The largest absolute Gasteiger partial charge is 0.340 e. The van der Waals surface area contributed by atoms with E-state index in [0.717, 1.165) is 32.7 Å². The van der Waals surface area contributed by atoms with E-state index in [-0.39, 0.29) is 24.4 Å². The molecular formula is C16H28N4O3. The molecule has 2 heterocycles. The fourth-order valence-corrected chi connectivity index (χ4v) is 3.13. The van der Waals surface area contributed by atoms with Crippen LogP contribution in [-0.4, -0.2) is 90.3 Å². The summed E-state index contributed by atoms with van der Waals surface area (Å²) in [5.74, 6) is 0.597. The van der Waals surface area contributed by atoms with Gasteiger partial charge in [-0.2, -0.15) is 0 Å². The molecule has 2 fully saturated rings. The van der Waals surface area contributed by atoms with Crippen LogP contribution in [0.1, 0.15) is 26.7 Å². The molecule has 0 bridgehead atoms. The van der Waals surface area contributed by atoms with E-state index < -0.39 is 0 Å². The van der Waals surface area contributed by atoms with Gasteiger partial charge in [-0.1, -0.05) is 13.8 Å². The molecule has 2 aliphatic heterocycles. The molecule has 23 heavy (non-hydrogen) atoms. The zero-order valence-electron chi connectivity index (χ0n) is 14.5. The maximum atomic E-state index is 12.2. The molecular weight excluding hydrogens is 296 g/mol. The summed E-state index contributed by atoms with van der Waals surface area (Å²) in [7, 11) is 1.61. The standard InChI is InChI=1S/C16H28N4O3/c1-13(2)11-18-7-9-19(10-8-18)14(21)5-4-6-20-15(22)12-17(3)16(20)23/h13H,4-12H2,1-3H3. The molecule has 0 spiro atoms. The van der Waals surface area contributed by atoms with Crippen LogP contribution in [0, 0.1) is 5.92 Å². The molecule has 0 aromatic carbocycles. The van der Waals surface area contributed by atoms with E-state index in [1.54, 1.807) is 7.05 Å². The zero-order valence-corrected chi connectivity index (χ0v) is 14.5. The van der Waals surface area contributed by atoms with Gasteiger partial charge in [0.25, 0.3) is 0 Å². The van der Waals surface area contributed by atoms with Gasteiger partial charge >= 0.3 is 6.03 Å². The maximum absolute atomic E-state index is 12.2. The van der Waals surface area contributed by atoms with E-state index in [1.807, 2.05) is 4.90 Å². The van der Waals surface area contributed by atoms with E-state index in [9.17, 15) is 14.4 Å². The van der Waals surface area contributed by atoms with Crippen molar-refractivity contribution in [3.63, 3.8) is 0 Å². The van der Waals surface area contributed by atoms with Crippen LogP contribution in [0.5, 0.6) is 0 Å². The van der Waals surface area contributed by atoms with E-state index >= 15 is 0 Å². The van der Waals surface area contributed by atoms with E-state index in [1.165, 1.54) is 9.80 Å². The van der Waals surface area contributed by atoms with Crippen molar-refractivity contribution in [2.45, 2.75) is 26.7 Å². The highest BCUT2D eigenvalue weighted by Gasteiger charge is 2.33. The van der Waals surface area contributed by atoms with Crippen molar-refractivity contribution < 1.29 is 14.4 Å². The number of urea groups is 1. The van der Waals surface area contributed by atoms with Crippen LogP contribution in [0.25, 0.3) is 0 Å². The van der Waals surface area contributed by atoms with Crippen LogP contribution in [0.2, 0.25) is 0 Å². The average Bonchev–Trinajstić information content (AvgIpc) is 2.73. The number of carbonyl (C=O) groups excluding carboxylic acids is 3. The van der Waals surface area contributed by atoms with E-state index in [4.69, 9.17) is 0 Å². The number of hydrogen-bond acceptors (Lipinski definition) is 4. The summed E-state index contributed by atoms with van der Waals surface area (Å²) in [6, 6.07) is -0.259. The van der Waals surface area contributed by atoms with Gasteiger partial charge in [-0.15, -0.1) is 0 Å². The lowest BCUT2D eigenvalue weighted by Crippen LogP contribution is -2.49. The fourth-order valence-electron chi connectivity index (χ4n) is 3.13. The lowest BCUT2D eigenvalue weighted by atomic mass is 10.2. The molecule has 0 atom stereocenters. The number of hydrogen-bond donors (Lipinski definition) is 0. The number of rotatable bonds is 6. The zero-order chi connectivity index (χ0) is 17.0. The Morgan fingerprint density at radius 1 is 1.13 bits per heavy atom. The smallest absolute Gasteiger partial charge is 0.326 e. The lowest BCUT2D eigenvalue weighted by molar-refractivity contribution is -0.133. The normalized spacial score (nSPS) is 20.1. The number of likely N-dealkylation sites (N-methyl/N-ethyl adjacent to an activating group) is 1. The first-order valence-electron chi connectivity index (χ1n) is 8.44. The third kappa shape index (κ3) is 4.67. The number of imide groups is 1. The molecule has 0 unspecified atom stereocenters. The second-order valence-electron chi connectivity index (χ2n) is 6.86. The van der Waals surface area contributed by atoms with Gasteiger partial charge in [-0.25, -0.2) is 4.79 Å². The van der Waals surface area contributed by atoms with Gasteiger partial charge in [0, 0.05) is 52.7 Å². The quantitative estimate of drug-likeness (QED) is 0.666. The number of carbonyl (C=O) groups is 3. The number of amides is 4. The Labute approximate surface area is 138 Å². The van der Waals surface area contributed by atoms with Crippen LogP contribution >= 0.6 is 0 Å². The Balaban J connectivity index is 1.68. The van der Waals surface area contributed by atoms with Crippen molar-refractivity contribution in [2.75, 3.05) is 52.9 Å². The first-order valence-corrected chi connectivity index (χ1v) is 8.44. The Bertz CT molecular complexity index is 458. The minimum Gasteiger partial charge on any atom is -0.340 e. The minimum absolute atomic E-state index is 0.127. The highest BCUT2D eigenvalue weighted by molar-refractivity contribution is 6.01. The van der Waals surface area contributed by atoms with Crippen molar-refractivity contribution in [3.8, 4) is 0 Å². The Morgan fingerprint density at radius 2 is 1.78 bits per heavy atom. The first kappa shape index (κ1) is 17.7. The molecule has 130 valence electrons. The van der Waals surface area contributed by atoms with Crippen molar-refractivity contribution in [1.82, 2.24) is 19.6 Å². The van der Waals surface area contributed by atoms with Crippen molar-refractivity contribution >= 4 is 17.8 Å². The molecule has 0 aliphatic carbocycles. The molecule has 0 saturated carbocycles. The van der Waals surface area contributed by atoms with Gasteiger partial charge < -0.3 is 9.80 Å². The molecule has 2 aliphatic rings. The molecule has 0 aromatic heterocycles. The molecule has 2 rings (SSSR count).